The number of nitrogens with zero attached hydrogens (tertiary/aromatic N) is 1. The fourth-order valence-electron chi connectivity index (χ4n) is 0.989. The Morgan fingerprint density at radius 2 is 1.83 bits per heavy atom. The van der Waals surface area contributed by atoms with Crippen molar-refractivity contribution in [3.05, 3.63) is 23.4 Å². The maximum absolute atomic E-state index is 9.45. The summed E-state index contributed by atoms with van der Waals surface area (Å²) < 4.78 is 0. The van der Waals surface area contributed by atoms with E-state index in [0.717, 1.165) is 0 Å². The number of aromatic hydroxyl groups is 2. The van der Waals surface area contributed by atoms with Crippen LogP contribution in [-0.2, 0) is 0 Å². The maximum Gasteiger partial charge on any atom is 0.218 e. The van der Waals surface area contributed by atoms with Crippen molar-refractivity contribution in [1.82, 2.24) is 4.98 Å². The van der Waals surface area contributed by atoms with Crippen LogP contribution in [0.15, 0.2) is 6.58 Å². The zero-order valence-electron chi connectivity index (χ0n) is 7.13. The molecular formula is C9H11NO2. The van der Waals surface area contributed by atoms with E-state index in [1.165, 1.54) is 6.08 Å². The molecule has 0 bridgehead atoms. The molecule has 0 aliphatic heterocycles. The summed E-state index contributed by atoms with van der Waals surface area (Å²) in [6, 6.07) is 0. The zero-order valence-corrected chi connectivity index (χ0v) is 7.13. The number of rotatable bonds is 1. The van der Waals surface area contributed by atoms with E-state index in [-0.39, 0.29) is 11.6 Å². The molecule has 3 heteroatoms. The second-order valence-electron chi connectivity index (χ2n) is 2.62. The number of hydrogen-bond donors (Lipinski definition) is 2. The number of aromatic nitrogens is 1. The van der Waals surface area contributed by atoms with E-state index in [9.17, 15) is 10.2 Å². The van der Waals surface area contributed by atoms with Crippen molar-refractivity contribution in [1.29, 1.82) is 0 Å². The van der Waals surface area contributed by atoms with Crippen molar-refractivity contribution < 1.29 is 10.2 Å². The highest BCUT2D eigenvalue weighted by molar-refractivity contribution is 5.56. The van der Waals surface area contributed by atoms with Crippen LogP contribution in [-0.4, -0.2) is 15.2 Å². The molecule has 0 saturated carbocycles. The first-order valence-electron chi connectivity index (χ1n) is 3.59. The monoisotopic (exact) mass is 165 g/mol. The van der Waals surface area contributed by atoms with Crippen molar-refractivity contribution in [2.24, 2.45) is 0 Å². The van der Waals surface area contributed by atoms with Crippen molar-refractivity contribution in [3.8, 4) is 11.6 Å². The van der Waals surface area contributed by atoms with Crippen LogP contribution in [0, 0.1) is 13.8 Å². The predicted octanol–water partition coefficient (Wildman–Crippen LogP) is 1.75. The van der Waals surface area contributed by atoms with Gasteiger partial charge in [-0.2, -0.15) is 0 Å². The fraction of sp³-hybridized carbons (Fsp3) is 0.222. The lowest BCUT2D eigenvalue weighted by atomic mass is 10.1. The Bertz CT molecular complexity index is 332. The van der Waals surface area contributed by atoms with E-state index >= 15 is 0 Å². The third-order valence-electron chi connectivity index (χ3n) is 1.85. The lowest BCUT2D eigenvalue weighted by molar-refractivity contribution is 0.425. The van der Waals surface area contributed by atoms with Crippen molar-refractivity contribution in [2.75, 3.05) is 0 Å². The molecule has 0 amide bonds. The van der Waals surface area contributed by atoms with Gasteiger partial charge in [-0.1, -0.05) is 6.58 Å². The quantitative estimate of drug-likeness (QED) is 0.666. The molecule has 1 aromatic heterocycles. The maximum atomic E-state index is 9.45. The van der Waals surface area contributed by atoms with Gasteiger partial charge in [0.2, 0.25) is 5.88 Å². The molecule has 1 heterocycles. The minimum atomic E-state index is -0.145. The van der Waals surface area contributed by atoms with Crippen LogP contribution in [0.3, 0.4) is 0 Å². The van der Waals surface area contributed by atoms with Gasteiger partial charge in [-0.15, -0.1) is 0 Å². The summed E-state index contributed by atoms with van der Waals surface area (Å²) in [7, 11) is 0. The number of hydrogen-bond acceptors (Lipinski definition) is 3. The van der Waals surface area contributed by atoms with Crippen LogP contribution < -0.4 is 0 Å². The molecule has 0 saturated heterocycles. The van der Waals surface area contributed by atoms with E-state index in [1.807, 2.05) is 0 Å². The van der Waals surface area contributed by atoms with E-state index in [0.29, 0.717) is 16.8 Å². The minimum absolute atomic E-state index is 0.0809. The average molecular weight is 165 g/mol. The van der Waals surface area contributed by atoms with E-state index in [2.05, 4.69) is 11.6 Å². The largest absolute Gasteiger partial charge is 0.507 e. The molecule has 2 N–H and O–H groups in total. The summed E-state index contributed by atoms with van der Waals surface area (Å²) in [6.07, 6.45) is 1.49. The Morgan fingerprint density at radius 3 is 2.33 bits per heavy atom. The first kappa shape index (κ1) is 8.59. The molecular weight excluding hydrogens is 154 g/mol. The molecule has 12 heavy (non-hydrogen) atoms. The molecule has 1 rings (SSSR count). The van der Waals surface area contributed by atoms with E-state index < -0.39 is 0 Å². The highest BCUT2D eigenvalue weighted by atomic mass is 16.3. The van der Waals surface area contributed by atoms with Crippen LogP contribution >= 0.6 is 0 Å². The zero-order chi connectivity index (χ0) is 9.30. The Kier molecular flexibility index (Phi) is 2.04. The van der Waals surface area contributed by atoms with Crippen LogP contribution in [0.25, 0.3) is 6.08 Å². The molecule has 3 nitrogen and oxygen atoms in total. The lowest BCUT2D eigenvalue weighted by Crippen LogP contribution is -1.91. The smallest absolute Gasteiger partial charge is 0.218 e. The summed E-state index contributed by atoms with van der Waals surface area (Å²) in [4.78, 5) is 3.83. The van der Waals surface area contributed by atoms with Crippen LogP contribution in [0.2, 0.25) is 0 Å². The summed E-state index contributed by atoms with van der Waals surface area (Å²) >= 11 is 0. The van der Waals surface area contributed by atoms with Gasteiger partial charge >= 0.3 is 0 Å². The molecule has 0 aromatic carbocycles. The van der Waals surface area contributed by atoms with Gasteiger partial charge in [-0.05, 0) is 19.9 Å². The summed E-state index contributed by atoms with van der Waals surface area (Å²) in [5.41, 5.74) is 1.55. The summed E-state index contributed by atoms with van der Waals surface area (Å²) in [6.45, 7) is 6.86. The highest BCUT2D eigenvalue weighted by Crippen LogP contribution is 2.29. The predicted molar refractivity (Wildman–Crippen MR) is 47.1 cm³/mol. The topological polar surface area (TPSA) is 53.4 Å². The van der Waals surface area contributed by atoms with Gasteiger partial charge in [0.15, 0.2) is 0 Å². The van der Waals surface area contributed by atoms with Crippen LogP contribution in [0.4, 0.5) is 0 Å². The lowest BCUT2D eigenvalue weighted by Gasteiger charge is -2.06. The van der Waals surface area contributed by atoms with Gasteiger partial charge in [0.05, 0.1) is 11.3 Å². The molecule has 0 aliphatic carbocycles. The van der Waals surface area contributed by atoms with Crippen LogP contribution in [0.5, 0.6) is 11.6 Å². The molecule has 0 aliphatic rings. The normalized spacial score (nSPS) is 9.83. The third-order valence-corrected chi connectivity index (χ3v) is 1.85. The second-order valence-corrected chi connectivity index (χ2v) is 2.62. The molecule has 1 aromatic rings. The Morgan fingerprint density at radius 1 is 1.25 bits per heavy atom. The van der Waals surface area contributed by atoms with E-state index in [4.69, 9.17) is 0 Å². The Hall–Kier alpha value is -1.51. The molecule has 0 radical (unpaired) electrons. The Labute approximate surface area is 71.0 Å². The highest BCUT2D eigenvalue weighted by Gasteiger charge is 2.10. The van der Waals surface area contributed by atoms with Crippen LogP contribution in [0.1, 0.15) is 16.8 Å². The first-order chi connectivity index (χ1) is 5.57. The van der Waals surface area contributed by atoms with Gasteiger partial charge in [0.1, 0.15) is 5.75 Å². The number of pyridine rings is 1. The molecule has 0 fully saturated rings. The van der Waals surface area contributed by atoms with Gasteiger partial charge < -0.3 is 10.2 Å². The minimum Gasteiger partial charge on any atom is -0.507 e. The molecule has 0 spiro atoms. The van der Waals surface area contributed by atoms with E-state index in [1.54, 1.807) is 13.8 Å². The summed E-state index contributed by atoms with van der Waals surface area (Å²) in [5.74, 6) is -0.0644. The first-order valence-corrected chi connectivity index (χ1v) is 3.59. The average Bonchev–Trinajstić information content (AvgIpc) is 2.08. The van der Waals surface area contributed by atoms with Gasteiger partial charge in [0, 0.05) is 5.56 Å². The Balaban J connectivity index is 3.49. The summed E-state index contributed by atoms with van der Waals surface area (Å²) in [5, 5.41) is 18.7. The molecule has 0 unspecified atom stereocenters. The van der Waals surface area contributed by atoms with Gasteiger partial charge in [-0.25, -0.2) is 4.98 Å². The molecule has 64 valence electrons. The SMILES string of the molecule is C=Cc1nc(O)c(C)c(O)c1C. The molecule has 0 atom stereocenters. The fourth-order valence-corrected chi connectivity index (χ4v) is 0.989. The van der Waals surface area contributed by atoms with Gasteiger partial charge in [0.25, 0.3) is 0 Å². The van der Waals surface area contributed by atoms with Crippen molar-refractivity contribution >= 4 is 6.08 Å². The second kappa shape index (κ2) is 2.85. The van der Waals surface area contributed by atoms with Crippen molar-refractivity contribution in [2.45, 2.75) is 13.8 Å². The van der Waals surface area contributed by atoms with Crippen molar-refractivity contribution in [3.63, 3.8) is 0 Å². The third kappa shape index (κ3) is 1.13. The standard InChI is InChI=1S/C9H11NO2/c1-4-7-5(2)8(11)6(3)9(12)10-7/h4H,1H2,2-3H3,(H2,10,11,12). The van der Waals surface area contributed by atoms with Gasteiger partial charge in [-0.3, -0.25) is 0 Å².